The van der Waals surface area contributed by atoms with Gasteiger partial charge in [0.05, 0.1) is 16.9 Å². The van der Waals surface area contributed by atoms with Crippen molar-refractivity contribution in [2.24, 2.45) is 0 Å². The third-order valence-electron chi connectivity index (χ3n) is 6.29. The minimum atomic E-state index is -0.138. The van der Waals surface area contributed by atoms with Gasteiger partial charge in [-0.1, -0.05) is 41.7 Å². The molecule has 0 aliphatic heterocycles. The smallest absolute Gasteiger partial charge is 0.254 e. The standard InChI is InChI=1S/C26H26ClN5O2/c1-17-23(25(33)28-15-14-18-6-10-21(27)11-7-18)16-32(30-17)22-12-8-19(9-13-22)24-29-26(34-31-24)20-4-2-3-5-20/h6-13,16,20H,2-5,14-15H2,1H3,(H,28,33). The Morgan fingerprint density at radius 2 is 1.85 bits per heavy atom. The zero-order valence-corrected chi connectivity index (χ0v) is 19.8. The number of amides is 1. The van der Waals surface area contributed by atoms with Crippen LogP contribution in [0, 0.1) is 6.92 Å². The molecule has 0 bridgehead atoms. The summed E-state index contributed by atoms with van der Waals surface area (Å²) >= 11 is 5.92. The molecule has 174 valence electrons. The Kier molecular flexibility index (Phi) is 6.45. The molecule has 34 heavy (non-hydrogen) atoms. The lowest BCUT2D eigenvalue weighted by atomic mass is 10.1. The van der Waals surface area contributed by atoms with Crippen molar-refractivity contribution in [3.05, 3.63) is 82.5 Å². The monoisotopic (exact) mass is 475 g/mol. The minimum Gasteiger partial charge on any atom is -0.352 e. The van der Waals surface area contributed by atoms with Gasteiger partial charge in [0, 0.05) is 29.2 Å². The minimum absolute atomic E-state index is 0.138. The fourth-order valence-corrected chi connectivity index (χ4v) is 4.46. The molecular weight excluding hydrogens is 450 g/mol. The van der Waals surface area contributed by atoms with Gasteiger partial charge in [-0.3, -0.25) is 4.79 Å². The van der Waals surface area contributed by atoms with Crippen LogP contribution in [0.4, 0.5) is 0 Å². The van der Waals surface area contributed by atoms with Crippen LogP contribution in [-0.4, -0.2) is 32.4 Å². The molecule has 0 radical (unpaired) electrons. The van der Waals surface area contributed by atoms with Gasteiger partial charge >= 0.3 is 0 Å². The average Bonchev–Trinajstić information content (AvgIpc) is 3.61. The number of carbonyl (C=O) groups excluding carboxylic acids is 1. The van der Waals surface area contributed by atoms with E-state index in [9.17, 15) is 4.79 Å². The van der Waals surface area contributed by atoms with Crippen molar-refractivity contribution in [2.75, 3.05) is 6.54 Å². The first kappa shape index (κ1) is 22.3. The second-order valence-corrected chi connectivity index (χ2v) is 9.13. The lowest BCUT2D eigenvalue weighted by molar-refractivity contribution is 0.0953. The summed E-state index contributed by atoms with van der Waals surface area (Å²) in [6.07, 6.45) is 7.18. The summed E-state index contributed by atoms with van der Waals surface area (Å²) in [5, 5.41) is 12.4. The number of hydrogen-bond donors (Lipinski definition) is 1. The Morgan fingerprint density at radius 1 is 1.12 bits per heavy atom. The summed E-state index contributed by atoms with van der Waals surface area (Å²) in [4.78, 5) is 17.3. The second kappa shape index (κ2) is 9.81. The molecule has 4 aromatic rings. The van der Waals surface area contributed by atoms with Crippen molar-refractivity contribution in [2.45, 2.75) is 44.9 Å². The van der Waals surface area contributed by atoms with Crippen LogP contribution < -0.4 is 5.32 Å². The zero-order chi connectivity index (χ0) is 23.5. The van der Waals surface area contributed by atoms with E-state index in [1.54, 1.807) is 10.9 Å². The molecule has 0 saturated heterocycles. The fourth-order valence-electron chi connectivity index (χ4n) is 4.34. The predicted molar refractivity (Wildman–Crippen MR) is 130 cm³/mol. The number of rotatable bonds is 7. The van der Waals surface area contributed by atoms with E-state index in [0.717, 1.165) is 42.0 Å². The molecule has 1 aliphatic rings. The van der Waals surface area contributed by atoms with Crippen molar-refractivity contribution >= 4 is 17.5 Å². The molecule has 1 saturated carbocycles. The van der Waals surface area contributed by atoms with Gasteiger partial charge in [-0.15, -0.1) is 0 Å². The van der Waals surface area contributed by atoms with Gasteiger partial charge in [-0.05, 0) is 68.1 Å². The summed E-state index contributed by atoms with van der Waals surface area (Å²) in [5.41, 5.74) is 4.09. The van der Waals surface area contributed by atoms with Crippen LogP contribution in [-0.2, 0) is 6.42 Å². The van der Waals surface area contributed by atoms with Crippen molar-refractivity contribution in [1.29, 1.82) is 0 Å². The summed E-state index contributed by atoms with van der Waals surface area (Å²) in [6, 6.07) is 15.4. The van der Waals surface area contributed by atoms with Crippen molar-refractivity contribution in [3.8, 4) is 17.1 Å². The summed E-state index contributed by atoms with van der Waals surface area (Å²) in [6.45, 7) is 2.37. The Balaban J connectivity index is 1.23. The van der Waals surface area contributed by atoms with E-state index in [1.807, 2.05) is 55.5 Å². The molecule has 2 heterocycles. The lowest BCUT2D eigenvalue weighted by Crippen LogP contribution is -2.25. The number of hydrogen-bond acceptors (Lipinski definition) is 5. The third-order valence-corrected chi connectivity index (χ3v) is 6.54. The van der Waals surface area contributed by atoms with E-state index in [2.05, 4.69) is 20.6 Å². The molecule has 0 unspecified atom stereocenters. The van der Waals surface area contributed by atoms with Crippen LogP contribution in [0.15, 0.2) is 59.3 Å². The van der Waals surface area contributed by atoms with Gasteiger partial charge in [-0.25, -0.2) is 4.68 Å². The van der Waals surface area contributed by atoms with Crippen LogP contribution in [0.5, 0.6) is 0 Å². The summed E-state index contributed by atoms with van der Waals surface area (Å²) in [7, 11) is 0. The molecule has 1 fully saturated rings. The lowest BCUT2D eigenvalue weighted by Gasteiger charge is -2.05. The van der Waals surface area contributed by atoms with E-state index < -0.39 is 0 Å². The van der Waals surface area contributed by atoms with E-state index in [0.29, 0.717) is 34.6 Å². The van der Waals surface area contributed by atoms with Gasteiger partial charge in [0.25, 0.3) is 5.91 Å². The molecule has 1 N–H and O–H groups in total. The van der Waals surface area contributed by atoms with Crippen molar-refractivity contribution < 1.29 is 9.32 Å². The molecule has 1 amide bonds. The van der Waals surface area contributed by atoms with Gasteiger partial charge in [0.15, 0.2) is 0 Å². The Labute approximate surface area is 203 Å². The number of nitrogens with zero attached hydrogens (tertiary/aromatic N) is 4. The van der Waals surface area contributed by atoms with E-state index in [1.165, 1.54) is 12.8 Å². The molecule has 7 nitrogen and oxygen atoms in total. The first-order valence-corrected chi connectivity index (χ1v) is 12.0. The molecule has 1 aliphatic carbocycles. The molecule has 8 heteroatoms. The highest BCUT2D eigenvalue weighted by atomic mass is 35.5. The van der Waals surface area contributed by atoms with E-state index in [4.69, 9.17) is 16.1 Å². The van der Waals surface area contributed by atoms with Gasteiger partial charge < -0.3 is 9.84 Å². The normalized spacial score (nSPS) is 13.9. The quantitative estimate of drug-likeness (QED) is 0.380. The summed E-state index contributed by atoms with van der Waals surface area (Å²) in [5.74, 6) is 1.60. The average molecular weight is 476 g/mol. The molecule has 0 spiro atoms. The predicted octanol–water partition coefficient (Wildman–Crippen LogP) is 5.51. The Bertz CT molecular complexity index is 1270. The highest BCUT2D eigenvalue weighted by molar-refractivity contribution is 6.30. The highest BCUT2D eigenvalue weighted by Gasteiger charge is 2.23. The number of nitrogens with one attached hydrogen (secondary N) is 1. The number of halogens is 1. The van der Waals surface area contributed by atoms with Crippen LogP contribution in [0.3, 0.4) is 0 Å². The maximum atomic E-state index is 12.7. The molecule has 5 rings (SSSR count). The number of carbonyl (C=O) groups is 1. The molecule has 2 aromatic carbocycles. The SMILES string of the molecule is Cc1nn(-c2ccc(-c3noc(C4CCCC4)n3)cc2)cc1C(=O)NCCc1ccc(Cl)cc1. The first-order valence-electron chi connectivity index (χ1n) is 11.6. The maximum Gasteiger partial charge on any atom is 0.254 e. The largest absolute Gasteiger partial charge is 0.352 e. The van der Waals surface area contributed by atoms with Gasteiger partial charge in [0.2, 0.25) is 11.7 Å². The fraction of sp³-hybridized carbons (Fsp3) is 0.308. The zero-order valence-electron chi connectivity index (χ0n) is 19.0. The van der Waals surface area contributed by atoms with Crippen LogP contribution in [0.1, 0.15) is 59.1 Å². The number of aryl methyl sites for hydroxylation is 1. The van der Waals surface area contributed by atoms with Gasteiger partial charge in [-0.2, -0.15) is 10.1 Å². The maximum absolute atomic E-state index is 12.7. The van der Waals surface area contributed by atoms with Gasteiger partial charge in [0.1, 0.15) is 0 Å². The van der Waals surface area contributed by atoms with Crippen molar-refractivity contribution in [1.82, 2.24) is 25.2 Å². The van der Waals surface area contributed by atoms with Crippen LogP contribution >= 0.6 is 11.6 Å². The van der Waals surface area contributed by atoms with E-state index >= 15 is 0 Å². The number of aromatic nitrogens is 4. The highest BCUT2D eigenvalue weighted by Crippen LogP contribution is 2.34. The van der Waals surface area contributed by atoms with E-state index in [-0.39, 0.29) is 5.91 Å². The second-order valence-electron chi connectivity index (χ2n) is 8.69. The topological polar surface area (TPSA) is 85.8 Å². The molecular formula is C26H26ClN5O2. The number of benzene rings is 2. The third kappa shape index (κ3) is 4.89. The molecule has 2 aromatic heterocycles. The van der Waals surface area contributed by atoms with Crippen LogP contribution in [0.25, 0.3) is 17.1 Å². The van der Waals surface area contributed by atoms with Crippen molar-refractivity contribution in [3.63, 3.8) is 0 Å². The molecule has 0 atom stereocenters. The Hall–Kier alpha value is -3.45. The Morgan fingerprint density at radius 3 is 2.59 bits per heavy atom. The summed E-state index contributed by atoms with van der Waals surface area (Å²) < 4.78 is 7.22. The van der Waals surface area contributed by atoms with Crippen LogP contribution in [0.2, 0.25) is 5.02 Å². The first-order chi connectivity index (χ1) is 16.6.